The maximum absolute atomic E-state index is 6.23. The van der Waals surface area contributed by atoms with Gasteiger partial charge in [0.1, 0.15) is 0 Å². The molecule has 0 aromatic rings. The summed E-state index contributed by atoms with van der Waals surface area (Å²) in [5.74, 6) is 1.74. The minimum absolute atomic E-state index is 0.505. The molecule has 84 valence electrons. The molecule has 3 atom stereocenters. The van der Waals surface area contributed by atoms with Crippen LogP contribution in [0.3, 0.4) is 0 Å². The summed E-state index contributed by atoms with van der Waals surface area (Å²) in [6.45, 7) is 4.62. The van der Waals surface area contributed by atoms with Gasteiger partial charge in [0.25, 0.3) is 0 Å². The normalized spacial score (nSPS) is 30.2. The van der Waals surface area contributed by atoms with E-state index in [1.54, 1.807) is 0 Å². The predicted octanol–water partition coefficient (Wildman–Crippen LogP) is 3.72. The van der Waals surface area contributed by atoms with Crippen LogP contribution < -0.4 is 5.73 Å². The van der Waals surface area contributed by atoms with E-state index in [1.165, 1.54) is 51.4 Å². The largest absolute Gasteiger partial charge is 0.327 e. The van der Waals surface area contributed by atoms with Gasteiger partial charge in [0, 0.05) is 6.04 Å². The summed E-state index contributed by atoms with van der Waals surface area (Å²) in [6.07, 6.45) is 10.9. The van der Waals surface area contributed by atoms with E-state index >= 15 is 0 Å². The molecule has 0 spiro atoms. The van der Waals surface area contributed by atoms with Crippen LogP contribution in [0.1, 0.15) is 65.2 Å². The van der Waals surface area contributed by atoms with Crippen LogP contribution in [0, 0.1) is 11.8 Å². The van der Waals surface area contributed by atoms with Gasteiger partial charge in [-0.3, -0.25) is 0 Å². The van der Waals surface area contributed by atoms with Crippen LogP contribution in [-0.4, -0.2) is 6.04 Å². The van der Waals surface area contributed by atoms with Crippen molar-refractivity contribution >= 4 is 0 Å². The molecule has 1 rings (SSSR count). The van der Waals surface area contributed by atoms with Crippen molar-refractivity contribution in [3.05, 3.63) is 0 Å². The average molecular weight is 197 g/mol. The Bertz CT molecular complexity index is 144. The van der Waals surface area contributed by atoms with Gasteiger partial charge in [0.2, 0.25) is 0 Å². The molecule has 1 aliphatic carbocycles. The van der Waals surface area contributed by atoms with Crippen molar-refractivity contribution in [3.63, 3.8) is 0 Å². The van der Waals surface area contributed by atoms with Gasteiger partial charge in [-0.15, -0.1) is 0 Å². The molecule has 1 nitrogen and oxygen atoms in total. The van der Waals surface area contributed by atoms with Crippen LogP contribution >= 0.6 is 0 Å². The molecule has 1 saturated carbocycles. The van der Waals surface area contributed by atoms with Crippen LogP contribution in [0.5, 0.6) is 0 Å². The molecule has 0 aromatic heterocycles. The van der Waals surface area contributed by atoms with E-state index in [2.05, 4.69) is 13.8 Å². The van der Waals surface area contributed by atoms with Crippen molar-refractivity contribution in [1.29, 1.82) is 0 Å². The van der Waals surface area contributed by atoms with E-state index in [-0.39, 0.29) is 0 Å². The number of unbranched alkanes of at least 4 members (excludes halogenated alkanes) is 1. The first-order valence-corrected chi connectivity index (χ1v) is 6.55. The minimum Gasteiger partial charge on any atom is -0.327 e. The SMILES string of the molecule is CCCCC(CC)C1CCCCC1N. The van der Waals surface area contributed by atoms with Gasteiger partial charge in [0.15, 0.2) is 0 Å². The quantitative estimate of drug-likeness (QED) is 0.714. The summed E-state index contributed by atoms with van der Waals surface area (Å²) < 4.78 is 0. The monoisotopic (exact) mass is 197 g/mol. The van der Waals surface area contributed by atoms with E-state index in [0.717, 1.165) is 11.8 Å². The van der Waals surface area contributed by atoms with E-state index in [4.69, 9.17) is 5.73 Å². The van der Waals surface area contributed by atoms with Crippen molar-refractivity contribution in [1.82, 2.24) is 0 Å². The fraction of sp³-hybridized carbons (Fsp3) is 1.00. The van der Waals surface area contributed by atoms with Crippen molar-refractivity contribution in [2.45, 2.75) is 71.3 Å². The van der Waals surface area contributed by atoms with Gasteiger partial charge < -0.3 is 5.73 Å². The molecule has 0 radical (unpaired) electrons. The lowest BCUT2D eigenvalue weighted by Crippen LogP contribution is -2.37. The number of hydrogen-bond donors (Lipinski definition) is 1. The first-order chi connectivity index (χ1) is 6.79. The molecular weight excluding hydrogens is 170 g/mol. The minimum atomic E-state index is 0.505. The van der Waals surface area contributed by atoms with Crippen LogP contribution in [-0.2, 0) is 0 Å². The van der Waals surface area contributed by atoms with Gasteiger partial charge in [-0.25, -0.2) is 0 Å². The Morgan fingerprint density at radius 1 is 1.21 bits per heavy atom. The van der Waals surface area contributed by atoms with Crippen LogP contribution in [0.2, 0.25) is 0 Å². The predicted molar refractivity (Wildman–Crippen MR) is 63.2 cm³/mol. The molecule has 1 aliphatic rings. The highest BCUT2D eigenvalue weighted by Gasteiger charge is 2.27. The fourth-order valence-electron chi connectivity index (χ4n) is 2.96. The van der Waals surface area contributed by atoms with Gasteiger partial charge >= 0.3 is 0 Å². The zero-order valence-corrected chi connectivity index (χ0v) is 9.97. The lowest BCUT2D eigenvalue weighted by atomic mass is 9.74. The molecule has 14 heavy (non-hydrogen) atoms. The summed E-state index contributed by atoms with van der Waals surface area (Å²) in [6, 6.07) is 0.505. The maximum atomic E-state index is 6.23. The molecule has 0 bridgehead atoms. The average Bonchev–Trinajstić information content (AvgIpc) is 2.21. The maximum Gasteiger partial charge on any atom is 0.00698 e. The highest BCUT2D eigenvalue weighted by molar-refractivity contribution is 4.82. The third-order valence-corrected chi connectivity index (χ3v) is 3.93. The zero-order valence-electron chi connectivity index (χ0n) is 9.97. The van der Waals surface area contributed by atoms with E-state index < -0.39 is 0 Å². The topological polar surface area (TPSA) is 26.0 Å². The standard InChI is InChI=1S/C13H27N/c1-3-5-8-11(4-2)12-9-6-7-10-13(12)14/h11-13H,3-10,14H2,1-2H3. The molecule has 0 aromatic carbocycles. The van der Waals surface area contributed by atoms with Crippen molar-refractivity contribution < 1.29 is 0 Å². The summed E-state index contributed by atoms with van der Waals surface area (Å²) in [5.41, 5.74) is 6.23. The van der Waals surface area contributed by atoms with Gasteiger partial charge in [0.05, 0.1) is 0 Å². The second-order valence-electron chi connectivity index (χ2n) is 4.92. The Balaban J connectivity index is 2.40. The summed E-state index contributed by atoms with van der Waals surface area (Å²) in [5, 5.41) is 0. The van der Waals surface area contributed by atoms with Crippen LogP contribution in [0.25, 0.3) is 0 Å². The molecule has 1 fully saturated rings. The Labute approximate surface area is 89.5 Å². The van der Waals surface area contributed by atoms with Crippen molar-refractivity contribution in [2.24, 2.45) is 17.6 Å². The highest BCUT2D eigenvalue weighted by Crippen LogP contribution is 2.33. The summed E-state index contributed by atoms with van der Waals surface area (Å²) in [7, 11) is 0. The fourth-order valence-corrected chi connectivity index (χ4v) is 2.96. The zero-order chi connectivity index (χ0) is 10.4. The third-order valence-electron chi connectivity index (χ3n) is 3.93. The highest BCUT2D eigenvalue weighted by atomic mass is 14.7. The smallest absolute Gasteiger partial charge is 0.00698 e. The molecule has 1 heteroatoms. The first-order valence-electron chi connectivity index (χ1n) is 6.55. The molecule has 2 N–H and O–H groups in total. The van der Waals surface area contributed by atoms with E-state index in [0.29, 0.717) is 6.04 Å². The second kappa shape index (κ2) is 6.44. The molecule has 0 amide bonds. The van der Waals surface area contributed by atoms with Gasteiger partial charge in [-0.1, -0.05) is 52.4 Å². The molecule has 0 saturated heterocycles. The van der Waals surface area contributed by atoms with Gasteiger partial charge in [-0.2, -0.15) is 0 Å². The molecule has 0 aliphatic heterocycles. The second-order valence-corrected chi connectivity index (χ2v) is 4.92. The Hall–Kier alpha value is -0.0400. The first kappa shape index (κ1) is 12.0. The van der Waals surface area contributed by atoms with Gasteiger partial charge in [-0.05, 0) is 24.7 Å². The van der Waals surface area contributed by atoms with E-state index in [1.807, 2.05) is 0 Å². The molecule has 0 heterocycles. The Kier molecular flexibility index (Phi) is 5.54. The van der Waals surface area contributed by atoms with E-state index in [9.17, 15) is 0 Å². The number of rotatable bonds is 5. The lowest BCUT2D eigenvalue weighted by molar-refractivity contribution is 0.196. The lowest BCUT2D eigenvalue weighted by Gasteiger charge is -2.34. The van der Waals surface area contributed by atoms with Crippen molar-refractivity contribution in [2.75, 3.05) is 0 Å². The molecule has 3 unspecified atom stereocenters. The van der Waals surface area contributed by atoms with Crippen LogP contribution in [0.4, 0.5) is 0 Å². The summed E-state index contributed by atoms with van der Waals surface area (Å²) >= 11 is 0. The Morgan fingerprint density at radius 2 is 1.93 bits per heavy atom. The Morgan fingerprint density at radius 3 is 2.50 bits per heavy atom. The number of nitrogens with two attached hydrogens (primary N) is 1. The number of hydrogen-bond acceptors (Lipinski definition) is 1. The van der Waals surface area contributed by atoms with Crippen molar-refractivity contribution in [3.8, 4) is 0 Å². The third kappa shape index (κ3) is 3.27. The van der Waals surface area contributed by atoms with Crippen LogP contribution in [0.15, 0.2) is 0 Å². The summed E-state index contributed by atoms with van der Waals surface area (Å²) in [4.78, 5) is 0. The molecular formula is C13H27N.